The van der Waals surface area contributed by atoms with Crippen molar-refractivity contribution in [1.29, 1.82) is 0 Å². The van der Waals surface area contributed by atoms with Gasteiger partial charge in [0.25, 0.3) is 0 Å². The fourth-order valence-corrected chi connectivity index (χ4v) is 6.06. The SMILES string of the molecule is CC1(C)OC[C@H](COC(Cn2c3ccccc3c3ccccc32)Cn2c3ccccc3c3ccccc32)O1. The maximum Gasteiger partial charge on any atom is 0.163 e. The van der Waals surface area contributed by atoms with E-state index in [0.717, 1.165) is 13.1 Å². The summed E-state index contributed by atoms with van der Waals surface area (Å²) in [6, 6.07) is 34.6. The lowest BCUT2D eigenvalue weighted by Gasteiger charge is -2.24. The Labute approximate surface area is 222 Å². The molecular formula is C33H32N2O3. The minimum atomic E-state index is -0.566. The Bertz CT molecular complexity index is 1540. The van der Waals surface area contributed by atoms with Gasteiger partial charge >= 0.3 is 0 Å². The summed E-state index contributed by atoms with van der Waals surface area (Å²) in [6.07, 6.45) is -0.162. The Morgan fingerprint density at radius 2 is 1.08 bits per heavy atom. The van der Waals surface area contributed by atoms with Crippen molar-refractivity contribution in [2.75, 3.05) is 13.2 Å². The maximum atomic E-state index is 6.72. The number of ether oxygens (including phenoxy) is 3. The summed E-state index contributed by atoms with van der Waals surface area (Å²) in [6.45, 7) is 6.41. The average molecular weight is 505 g/mol. The summed E-state index contributed by atoms with van der Waals surface area (Å²) in [5.74, 6) is -0.566. The van der Waals surface area contributed by atoms with Crippen LogP contribution in [-0.4, -0.2) is 40.3 Å². The van der Waals surface area contributed by atoms with E-state index in [1.54, 1.807) is 0 Å². The number of nitrogens with zero attached hydrogens (tertiary/aromatic N) is 2. The number of hydrogen-bond donors (Lipinski definition) is 0. The average Bonchev–Trinajstić information content (AvgIpc) is 3.57. The molecule has 2 aromatic heterocycles. The molecule has 7 rings (SSSR count). The molecule has 0 saturated carbocycles. The third-order valence-electron chi connectivity index (χ3n) is 7.72. The Morgan fingerprint density at radius 1 is 0.684 bits per heavy atom. The summed E-state index contributed by atoms with van der Waals surface area (Å²) in [5.41, 5.74) is 4.91. The van der Waals surface area contributed by atoms with Gasteiger partial charge in [-0.3, -0.25) is 0 Å². The van der Waals surface area contributed by atoms with Crippen molar-refractivity contribution in [1.82, 2.24) is 9.13 Å². The lowest BCUT2D eigenvalue weighted by atomic mass is 10.2. The molecule has 1 atom stereocenters. The second-order valence-corrected chi connectivity index (χ2v) is 10.7. The normalized spacial score (nSPS) is 17.5. The van der Waals surface area contributed by atoms with E-state index in [-0.39, 0.29) is 12.2 Å². The third-order valence-corrected chi connectivity index (χ3v) is 7.72. The van der Waals surface area contributed by atoms with Crippen molar-refractivity contribution >= 4 is 43.6 Å². The van der Waals surface area contributed by atoms with E-state index < -0.39 is 5.79 Å². The quantitative estimate of drug-likeness (QED) is 0.232. The molecule has 3 heterocycles. The first-order chi connectivity index (χ1) is 18.6. The van der Waals surface area contributed by atoms with Crippen LogP contribution in [0.1, 0.15) is 13.8 Å². The third kappa shape index (κ3) is 4.08. The minimum Gasteiger partial charge on any atom is -0.372 e. The molecule has 5 heteroatoms. The Balaban J connectivity index is 1.30. The first-order valence-electron chi connectivity index (χ1n) is 13.4. The van der Waals surface area contributed by atoms with Crippen molar-refractivity contribution in [2.24, 2.45) is 0 Å². The smallest absolute Gasteiger partial charge is 0.163 e. The molecule has 6 aromatic rings. The molecule has 0 N–H and O–H groups in total. The van der Waals surface area contributed by atoms with Gasteiger partial charge in [0.1, 0.15) is 6.10 Å². The predicted molar refractivity (Wildman–Crippen MR) is 154 cm³/mol. The Morgan fingerprint density at radius 3 is 1.45 bits per heavy atom. The maximum absolute atomic E-state index is 6.72. The van der Waals surface area contributed by atoms with Crippen LogP contribution in [0.15, 0.2) is 97.1 Å². The topological polar surface area (TPSA) is 37.5 Å². The highest BCUT2D eigenvalue weighted by Gasteiger charge is 2.33. The van der Waals surface area contributed by atoms with E-state index >= 15 is 0 Å². The van der Waals surface area contributed by atoms with Crippen LogP contribution in [0.4, 0.5) is 0 Å². The van der Waals surface area contributed by atoms with Crippen LogP contribution in [0.3, 0.4) is 0 Å². The lowest BCUT2D eigenvalue weighted by Crippen LogP contribution is -2.31. The van der Waals surface area contributed by atoms with E-state index in [1.807, 2.05) is 13.8 Å². The highest BCUT2D eigenvalue weighted by atomic mass is 16.7. The number of fused-ring (bicyclic) bond motifs is 6. The zero-order valence-electron chi connectivity index (χ0n) is 21.8. The summed E-state index contributed by atoms with van der Waals surface area (Å²) in [7, 11) is 0. The van der Waals surface area contributed by atoms with E-state index in [0.29, 0.717) is 13.2 Å². The number of benzene rings is 4. The highest BCUT2D eigenvalue weighted by molar-refractivity contribution is 6.08. The largest absolute Gasteiger partial charge is 0.372 e. The summed E-state index contributed by atoms with van der Waals surface area (Å²) in [4.78, 5) is 0. The summed E-state index contributed by atoms with van der Waals surface area (Å²) in [5, 5.41) is 5.09. The van der Waals surface area contributed by atoms with Gasteiger partial charge in [0.2, 0.25) is 0 Å². The first-order valence-corrected chi connectivity index (χ1v) is 13.4. The molecular weight excluding hydrogens is 472 g/mol. The number of rotatable bonds is 7. The monoisotopic (exact) mass is 504 g/mol. The molecule has 38 heavy (non-hydrogen) atoms. The molecule has 0 radical (unpaired) electrons. The van der Waals surface area contributed by atoms with Gasteiger partial charge in [-0.05, 0) is 38.1 Å². The van der Waals surface area contributed by atoms with Crippen molar-refractivity contribution in [3.63, 3.8) is 0 Å². The standard InChI is InChI=1S/C33H32N2O3/c1-33(2)37-22-24(38-33)21-36-23(19-34-29-15-7-3-11-25(29)26-12-4-8-16-30(26)34)20-35-31-17-9-5-13-27(31)28-14-6-10-18-32(28)35/h3-18,23-24H,19-22H2,1-2H3/t24-/m0/s1. The van der Waals surface area contributed by atoms with Crippen LogP contribution >= 0.6 is 0 Å². The van der Waals surface area contributed by atoms with Crippen molar-refractivity contribution < 1.29 is 14.2 Å². The summed E-state index contributed by atoms with van der Waals surface area (Å²) >= 11 is 0. The Hall–Kier alpha value is -3.64. The molecule has 0 spiro atoms. The van der Waals surface area contributed by atoms with Crippen molar-refractivity contribution in [3.8, 4) is 0 Å². The molecule has 5 nitrogen and oxygen atoms in total. The van der Waals surface area contributed by atoms with Gasteiger partial charge in [0, 0.05) is 43.6 Å². The van der Waals surface area contributed by atoms with E-state index in [4.69, 9.17) is 14.2 Å². The summed E-state index contributed by atoms with van der Waals surface area (Å²) < 4.78 is 23.5. The molecule has 192 valence electrons. The van der Waals surface area contributed by atoms with Gasteiger partial charge in [-0.25, -0.2) is 0 Å². The molecule has 4 aromatic carbocycles. The molecule has 0 bridgehead atoms. The molecule has 0 unspecified atom stereocenters. The van der Waals surface area contributed by atoms with Crippen LogP contribution < -0.4 is 0 Å². The molecule has 0 aliphatic carbocycles. The van der Waals surface area contributed by atoms with Gasteiger partial charge in [0.05, 0.1) is 32.4 Å². The van der Waals surface area contributed by atoms with Crippen LogP contribution in [0, 0.1) is 0 Å². The zero-order valence-corrected chi connectivity index (χ0v) is 21.8. The highest BCUT2D eigenvalue weighted by Crippen LogP contribution is 2.32. The van der Waals surface area contributed by atoms with Crippen LogP contribution in [0.2, 0.25) is 0 Å². The fourth-order valence-electron chi connectivity index (χ4n) is 6.06. The molecule has 1 fully saturated rings. The first kappa shape index (κ1) is 23.5. The minimum absolute atomic E-state index is 0.0798. The van der Waals surface area contributed by atoms with Crippen LogP contribution in [0.5, 0.6) is 0 Å². The van der Waals surface area contributed by atoms with E-state index in [9.17, 15) is 0 Å². The van der Waals surface area contributed by atoms with E-state index in [2.05, 4.69) is 106 Å². The molecule has 1 aliphatic rings. The molecule has 1 aliphatic heterocycles. The zero-order chi connectivity index (χ0) is 25.7. The second kappa shape index (κ2) is 9.28. The second-order valence-electron chi connectivity index (χ2n) is 10.7. The van der Waals surface area contributed by atoms with Crippen molar-refractivity contribution in [3.05, 3.63) is 97.1 Å². The fraction of sp³-hybridized carbons (Fsp3) is 0.273. The Kier molecular flexibility index (Phi) is 5.73. The van der Waals surface area contributed by atoms with Gasteiger partial charge < -0.3 is 23.3 Å². The van der Waals surface area contributed by atoms with Crippen molar-refractivity contribution in [2.45, 2.75) is 44.9 Å². The van der Waals surface area contributed by atoms with E-state index in [1.165, 1.54) is 43.6 Å². The van der Waals surface area contributed by atoms with Gasteiger partial charge in [-0.2, -0.15) is 0 Å². The van der Waals surface area contributed by atoms with Gasteiger partial charge in [-0.15, -0.1) is 0 Å². The predicted octanol–water partition coefficient (Wildman–Crippen LogP) is 7.14. The lowest BCUT2D eigenvalue weighted by molar-refractivity contribution is -0.148. The molecule has 1 saturated heterocycles. The van der Waals surface area contributed by atoms with Crippen LogP contribution in [0.25, 0.3) is 43.6 Å². The number of aromatic nitrogens is 2. The van der Waals surface area contributed by atoms with Crippen LogP contribution in [-0.2, 0) is 27.3 Å². The number of para-hydroxylation sites is 4. The molecule has 0 amide bonds. The van der Waals surface area contributed by atoms with Gasteiger partial charge in [-0.1, -0.05) is 72.8 Å². The number of hydrogen-bond acceptors (Lipinski definition) is 3. The van der Waals surface area contributed by atoms with Gasteiger partial charge in [0.15, 0.2) is 5.79 Å².